The molecule has 98 valence electrons. The summed E-state index contributed by atoms with van der Waals surface area (Å²) in [5.41, 5.74) is 0. The average molecular weight is 273 g/mol. The van der Waals surface area contributed by atoms with E-state index in [-0.39, 0.29) is 18.0 Å². The second-order valence-corrected chi connectivity index (χ2v) is 6.08. The molecule has 1 fully saturated rings. The van der Waals surface area contributed by atoms with Crippen LogP contribution >= 0.6 is 0 Å². The normalized spacial score (nSPS) is 21.1. The molecule has 0 unspecified atom stereocenters. The quantitative estimate of drug-likeness (QED) is 0.888. The first kappa shape index (κ1) is 13.0. The standard InChI is InChI=1S/C11H12FNO4S/c12-9-1-3-10(4-2-9)18(16,17)13-6-5-8(7-13)11(14)15/h1-4,8H,5-7H2,(H,14,15)/t8-/m1/s1. The number of sulfonamides is 1. The van der Waals surface area contributed by atoms with Crippen LogP contribution < -0.4 is 0 Å². The van der Waals surface area contributed by atoms with E-state index in [2.05, 4.69) is 0 Å². The fraction of sp³-hybridized carbons (Fsp3) is 0.364. The van der Waals surface area contributed by atoms with Gasteiger partial charge in [-0.25, -0.2) is 12.8 Å². The Morgan fingerprint density at radius 2 is 1.94 bits per heavy atom. The Hall–Kier alpha value is -1.47. The van der Waals surface area contributed by atoms with Gasteiger partial charge in [0.05, 0.1) is 10.8 Å². The Kier molecular flexibility index (Phi) is 3.36. The maximum Gasteiger partial charge on any atom is 0.307 e. The van der Waals surface area contributed by atoms with E-state index in [0.717, 1.165) is 16.4 Å². The lowest BCUT2D eigenvalue weighted by atomic mass is 10.1. The van der Waals surface area contributed by atoms with Crippen molar-refractivity contribution in [3.05, 3.63) is 30.1 Å². The summed E-state index contributed by atoms with van der Waals surface area (Å²) in [6.45, 7) is 0.145. The van der Waals surface area contributed by atoms with Gasteiger partial charge < -0.3 is 5.11 Å². The molecule has 1 heterocycles. The molecule has 2 rings (SSSR count). The third-order valence-corrected chi connectivity index (χ3v) is 4.83. The molecular formula is C11H12FNO4S. The van der Waals surface area contributed by atoms with Crippen LogP contribution in [-0.2, 0) is 14.8 Å². The van der Waals surface area contributed by atoms with E-state index in [4.69, 9.17) is 5.11 Å². The second kappa shape index (κ2) is 4.66. The Morgan fingerprint density at radius 1 is 1.33 bits per heavy atom. The smallest absolute Gasteiger partial charge is 0.307 e. The second-order valence-electron chi connectivity index (χ2n) is 4.14. The molecule has 0 radical (unpaired) electrons. The number of hydrogen-bond donors (Lipinski definition) is 1. The largest absolute Gasteiger partial charge is 0.481 e. The van der Waals surface area contributed by atoms with Crippen LogP contribution in [0.15, 0.2) is 29.2 Å². The van der Waals surface area contributed by atoms with E-state index >= 15 is 0 Å². The molecule has 1 aromatic carbocycles. The van der Waals surface area contributed by atoms with Crippen molar-refractivity contribution in [2.24, 2.45) is 5.92 Å². The summed E-state index contributed by atoms with van der Waals surface area (Å²) >= 11 is 0. The lowest BCUT2D eigenvalue weighted by Crippen LogP contribution is -2.30. The summed E-state index contributed by atoms with van der Waals surface area (Å²) in [5.74, 6) is -2.18. The Balaban J connectivity index is 2.22. The van der Waals surface area contributed by atoms with E-state index in [1.54, 1.807) is 0 Å². The summed E-state index contributed by atoms with van der Waals surface area (Å²) in [4.78, 5) is 10.8. The van der Waals surface area contributed by atoms with Gasteiger partial charge in [-0.05, 0) is 30.7 Å². The molecule has 5 nitrogen and oxygen atoms in total. The molecule has 1 saturated heterocycles. The molecule has 7 heteroatoms. The van der Waals surface area contributed by atoms with Gasteiger partial charge in [0.25, 0.3) is 0 Å². The first-order chi connectivity index (χ1) is 8.41. The minimum absolute atomic E-state index is 0.0186. The van der Waals surface area contributed by atoms with Gasteiger partial charge in [-0.3, -0.25) is 4.79 Å². The van der Waals surface area contributed by atoms with Crippen LogP contribution in [0.2, 0.25) is 0 Å². The van der Waals surface area contributed by atoms with Crippen molar-refractivity contribution in [1.29, 1.82) is 0 Å². The maximum atomic E-state index is 12.7. The molecule has 1 aliphatic heterocycles. The highest BCUT2D eigenvalue weighted by Gasteiger charge is 2.35. The SMILES string of the molecule is O=C(O)[C@@H]1CCN(S(=O)(=O)c2ccc(F)cc2)C1. The highest BCUT2D eigenvalue weighted by atomic mass is 32.2. The van der Waals surface area contributed by atoms with Crippen LogP contribution in [0.3, 0.4) is 0 Å². The lowest BCUT2D eigenvalue weighted by Gasteiger charge is -2.15. The highest BCUT2D eigenvalue weighted by Crippen LogP contribution is 2.24. The third-order valence-electron chi connectivity index (χ3n) is 2.95. The monoisotopic (exact) mass is 273 g/mol. The van der Waals surface area contributed by atoms with E-state index in [1.807, 2.05) is 0 Å². The Labute approximate surface area is 104 Å². The van der Waals surface area contributed by atoms with Gasteiger partial charge in [0.2, 0.25) is 10.0 Å². The number of nitrogens with zero attached hydrogens (tertiary/aromatic N) is 1. The maximum absolute atomic E-state index is 12.7. The van der Waals surface area contributed by atoms with Crippen molar-refractivity contribution in [1.82, 2.24) is 4.31 Å². The van der Waals surface area contributed by atoms with Gasteiger partial charge in [-0.2, -0.15) is 4.31 Å². The Bertz CT molecular complexity index is 555. The van der Waals surface area contributed by atoms with Crippen LogP contribution in [-0.4, -0.2) is 36.9 Å². The van der Waals surface area contributed by atoms with Crippen LogP contribution in [0, 0.1) is 11.7 Å². The number of carbonyl (C=O) groups is 1. The topological polar surface area (TPSA) is 74.7 Å². The molecule has 1 aliphatic rings. The lowest BCUT2D eigenvalue weighted by molar-refractivity contribution is -0.141. The van der Waals surface area contributed by atoms with E-state index < -0.39 is 27.7 Å². The van der Waals surface area contributed by atoms with Gasteiger partial charge in [0, 0.05) is 13.1 Å². The number of rotatable bonds is 3. The van der Waals surface area contributed by atoms with Crippen molar-refractivity contribution < 1.29 is 22.7 Å². The number of halogens is 1. The minimum Gasteiger partial charge on any atom is -0.481 e. The molecule has 0 saturated carbocycles. The van der Waals surface area contributed by atoms with Crippen LogP contribution in [0.25, 0.3) is 0 Å². The van der Waals surface area contributed by atoms with Crippen molar-refractivity contribution in [3.63, 3.8) is 0 Å². The number of aliphatic carboxylic acids is 1. The summed E-state index contributed by atoms with van der Waals surface area (Å²) in [7, 11) is -3.72. The average Bonchev–Trinajstić information content (AvgIpc) is 2.79. The first-order valence-corrected chi connectivity index (χ1v) is 6.84. The van der Waals surface area contributed by atoms with Gasteiger partial charge >= 0.3 is 5.97 Å². The predicted octanol–water partition coefficient (Wildman–Crippen LogP) is 0.921. The molecule has 0 aliphatic carbocycles. The number of benzene rings is 1. The van der Waals surface area contributed by atoms with Crippen molar-refractivity contribution in [3.8, 4) is 0 Å². The summed E-state index contributed by atoms with van der Waals surface area (Å²) in [5, 5.41) is 8.83. The highest BCUT2D eigenvalue weighted by molar-refractivity contribution is 7.89. The van der Waals surface area contributed by atoms with Crippen LogP contribution in [0.5, 0.6) is 0 Å². The van der Waals surface area contributed by atoms with E-state index in [9.17, 15) is 17.6 Å². The third kappa shape index (κ3) is 2.37. The molecule has 0 aromatic heterocycles. The number of carboxylic acid groups (broad SMARTS) is 1. The Morgan fingerprint density at radius 3 is 2.44 bits per heavy atom. The fourth-order valence-corrected chi connectivity index (χ4v) is 3.40. The van der Waals surface area contributed by atoms with Crippen LogP contribution in [0.1, 0.15) is 6.42 Å². The van der Waals surface area contributed by atoms with Gasteiger partial charge in [0.1, 0.15) is 5.82 Å². The van der Waals surface area contributed by atoms with Gasteiger partial charge in [0.15, 0.2) is 0 Å². The summed E-state index contributed by atoms with van der Waals surface area (Å²) in [6, 6.07) is 4.49. The molecule has 1 atom stereocenters. The van der Waals surface area contributed by atoms with E-state index in [1.165, 1.54) is 12.1 Å². The van der Waals surface area contributed by atoms with Crippen LogP contribution in [0.4, 0.5) is 4.39 Å². The summed E-state index contributed by atoms with van der Waals surface area (Å²) in [6.07, 6.45) is 0.301. The predicted molar refractivity (Wildman–Crippen MR) is 60.9 cm³/mol. The molecule has 0 spiro atoms. The van der Waals surface area contributed by atoms with Gasteiger partial charge in [-0.15, -0.1) is 0 Å². The summed E-state index contributed by atoms with van der Waals surface area (Å²) < 4.78 is 38.1. The molecule has 1 aromatic rings. The molecule has 0 bridgehead atoms. The zero-order chi connectivity index (χ0) is 13.3. The molecule has 1 N–H and O–H groups in total. The fourth-order valence-electron chi connectivity index (χ4n) is 1.90. The van der Waals surface area contributed by atoms with E-state index in [0.29, 0.717) is 6.42 Å². The zero-order valence-electron chi connectivity index (χ0n) is 9.41. The molecular weight excluding hydrogens is 261 g/mol. The molecule has 18 heavy (non-hydrogen) atoms. The van der Waals surface area contributed by atoms with Crippen molar-refractivity contribution >= 4 is 16.0 Å². The first-order valence-electron chi connectivity index (χ1n) is 5.40. The minimum atomic E-state index is -3.72. The molecule has 0 amide bonds. The zero-order valence-corrected chi connectivity index (χ0v) is 10.2. The van der Waals surface area contributed by atoms with Crippen molar-refractivity contribution in [2.45, 2.75) is 11.3 Å². The van der Waals surface area contributed by atoms with Crippen molar-refractivity contribution in [2.75, 3.05) is 13.1 Å². The van der Waals surface area contributed by atoms with Gasteiger partial charge in [-0.1, -0.05) is 0 Å². The number of carboxylic acids is 1. The number of hydrogen-bond acceptors (Lipinski definition) is 3.